The van der Waals surface area contributed by atoms with Crippen LogP contribution in [0, 0.1) is 11.6 Å². The van der Waals surface area contributed by atoms with Crippen molar-refractivity contribution in [1.29, 1.82) is 0 Å². The molecule has 6 rings (SSSR count). The molecule has 192 valence electrons. The number of carbonyl (C=O) groups excluding carboxylic acids is 4. The molecule has 2 aromatic carbocycles. The second-order valence-corrected chi connectivity index (χ2v) is 7.34. The van der Waals surface area contributed by atoms with Gasteiger partial charge in [0.2, 0.25) is 0 Å². The Morgan fingerprint density at radius 1 is 0.528 bits per heavy atom. The number of amides is 2. The molecule has 0 aliphatic carbocycles. The summed E-state index contributed by atoms with van der Waals surface area (Å²) in [7, 11) is 0. The number of Topliss-reactive ketones (excluding diaryl/α,β-unsaturated/α-hetero) is 2. The fraction of sp³-hybridized carbons (Fsp3) is 0.333. The topological polar surface area (TPSA) is 129 Å². The van der Waals surface area contributed by atoms with E-state index in [-0.39, 0.29) is 22.5 Å². The average Bonchev–Trinajstić information content (AvgIpc) is 3.39. The molecule has 4 aliphatic rings. The largest absolute Gasteiger partial charge is 0.377 e. The molecule has 0 spiro atoms. The van der Waals surface area contributed by atoms with Gasteiger partial charge in [-0.3, -0.25) is 19.2 Å². The monoisotopic (exact) mass is 506 g/mol. The number of rotatable bonds is 0. The van der Waals surface area contributed by atoms with Gasteiger partial charge in [-0.1, -0.05) is 12.1 Å². The molecule has 0 bridgehead atoms. The SMILES string of the molecule is C1COCCO1.C1COCCO1.O=C1Nc2c(F)cccc2C1=O.O=C1Nc2c(F)cccc2C1=O. The number of hydrogen-bond acceptors (Lipinski definition) is 8. The summed E-state index contributed by atoms with van der Waals surface area (Å²) in [6.07, 6.45) is 0. The van der Waals surface area contributed by atoms with Gasteiger partial charge in [-0.25, -0.2) is 8.78 Å². The first-order chi connectivity index (χ1) is 17.4. The molecule has 4 heterocycles. The van der Waals surface area contributed by atoms with Gasteiger partial charge in [0, 0.05) is 0 Å². The van der Waals surface area contributed by atoms with Gasteiger partial charge < -0.3 is 29.6 Å². The average molecular weight is 506 g/mol. The van der Waals surface area contributed by atoms with Crippen LogP contribution >= 0.6 is 0 Å². The van der Waals surface area contributed by atoms with Crippen molar-refractivity contribution >= 4 is 34.8 Å². The van der Waals surface area contributed by atoms with Gasteiger partial charge in [-0.15, -0.1) is 0 Å². The van der Waals surface area contributed by atoms with E-state index < -0.39 is 35.0 Å². The van der Waals surface area contributed by atoms with Gasteiger partial charge in [-0.05, 0) is 24.3 Å². The highest BCUT2D eigenvalue weighted by Gasteiger charge is 2.30. The van der Waals surface area contributed by atoms with E-state index in [4.69, 9.17) is 18.9 Å². The van der Waals surface area contributed by atoms with Crippen molar-refractivity contribution in [2.24, 2.45) is 0 Å². The standard InChI is InChI=1S/2C8H4FNO2.2C4H8O2/c2*9-5-3-1-2-4-6(5)10-8(12)7(4)11;2*1-2-6-4-3-5-1/h2*1-3H,(H,10,11,12);2*1-4H2. The van der Waals surface area contributed by atoms with Crippen LogP contribution in [0.4, 0.5) is 20.2 Å². The molecule has 36 heavy (non-hydrogen) atoms. The number of benzene rings is 2. The molecular weight excluding hydrogens is 482 g/mol. The lowest BCUT2D eigenvalue weighted by molar-refractivity contribution is -0.112. The number of anilines is 2. The van der Waals surface area contributed by atoms with Crippen molar-refractivity contribution in [2.75, 3.05) is 63.5 Å². The van der Waals surface area contributed by atoms with E-state index in [1.54, 1.807) is 0 Å². The fourth-order valence-electron chi connectivity index (χ4n) is 3.15. The Bertz CT molecular complexity index is 1010. The number of halogens is 2. The first-order valence-corrected chi connectivity index (χ1v) is 11.0. The Morgan fingerprint density at radius 3 is 1.08 bits per heavy atom. The third-order valence-corrected chi connectivity index (χ3v) is 4.89. The Labute approximate surface area is 204 Å². The van der Waals surface area contributed by atoms with Crippen molar-refractivity contribution in [3.05, 3.63) is 59.2 Å². The zero-order chi connectivity index (χ0) is 25.9. The summed E-state index contributed by atoms with van der Waals surface area (Å²) in [6.45, 7) is 6.22. The molecule has 2 amide bonds. The number of ether oxygens (including phenoxy) is 4. The zero-order valence-electron chi connectivity index (χ0n) is 19.1. The summed E-state index contributed by atoms with van der Waals surface area (Å²) < 4.78 is 45.5. The summed E-state index contributed by atoms with van der Waals surface area (Å²) >= 11 is 0. The highest BCUT2D eigenvalue weighted by Crippen LogP contribution is 2.26. The van der Waals surface area contributed by atoms with Crippen LogP contribution in [0.1, 0.15) is 20.7 Å². The Balaban J connectivity index is 0.000000141. The Kier molecular flexibility index (Phi) is 10.1. The predicted octanol–water partition coefficient (Wildman–Crippen LogP) is 1.99. The van der Waals surface area contributed by atoms with Gasteiger partial charge in [0.15, 0.2) is 0 Å². The van der Waals surface area contributed by atoms with Gasteiger partial charge >= 0.3 is 0 Å². The van der Waals surface area contributed by atoms with Crippen LogP contribution in [0.3, 0.4) is 0 Å². The van der Waals surface area contributed by atoms with Crippen molar-refractivity contribution in [1.82, 2.24) is 0 Å². The van der Waals surface area contributed by atoms with Gasteiger partial charge in [0.25, 0.3) is 23.4 Å². The Morgan fingerprint density at radius 2 is 0.833 bits per heavy atom. The number of nitrogens with one attached hydrogen (secondary N) is 2. The normalized spacial score (nSPS) is 17.6. The van der Waals surface area contributed by atoms with Crippen LogP contribution in [-0.4, -0.2) is 76.2 Å². The predicted molar refractivity (Wildman–Crippen MR) is 122 cm³/mol. The minimum Gasteiger partial charge on any atom is -0.377 e. The van der Waals surface area contributed by atoms with Crippen molar-refractivity contribution in [2.45, 2.75) is 0 Å². The first kappa shape index (κ1) is 27.0. The highest BCUT2D eigenvalue weighted by molar-refractivity contribution is 6.52. The van der Waals surface area contributed by atoms with Gasteiger partial charge in [0.05, 0.1) is 75.4 Å². The van der Waals surface area contributed by atoms with Crippen LogP contribution in [0.15, 0.2) is 36.4 Å². The molecule has 0 radical (unpaired) electrons. The molecule has 2 fully saturated rings. The van der Waals surface area contributed by atoms with E-state index in [9.17, 15) is 28.0 Å². The third kappa shape index (κ3) is 7.21. The number of para-hydroxylation sites is 2. The van der Waals surface area contributed by atoms with Crippen LogP contribution in [0.2, 0.25) is 0 Å². The molecule has 2 saturated heterocycles. The minimum absolute atomic E-state index is 0.00694. The lowest BCUT2D eigenvalue weighted by atomic mass is 10.1. The summed E-state index contributed by atoms with van der Waals surface area (Å²) in [5.41, 5.74) is 0.208. The summed E-state index contributed by atoms with van der Waals surface area (Å²) in [5.74, 6) is -4.04. The first-order valence-electron chi connectivity index (χ1n) is 11.0. The van der Waals surface area contributed by atoms with Crippen molar-refractivity contribution in [3.8, 4) is 0 Å². The third-order valence-electron chi connectivity index (χ3n) is 4.89. The summed E-state index contributed by atoms with van der Waals surface area (Å²) in [5, 5.41) is 4.30. The van der Waals surface area contributed by atoms with Crippen molar-refractivity contribution < 1.29 is 46.9 Å². The molecule has 4 aliphatic heterocycles. The molecule has 10 nitrogen and oxygen atoms in total. The van der Waals surface area contributed by atoms with E-state index in [1.807, 2.05) is 0 Å². The minimum atomic E-state index is -0.768. The van der Waals surface area contributed by atoms with E-state index in [2.05, 4.69) is 10.6 Å². The molecule has 0 unspecified atom stereocenters. The maximum Gasteiger partial charge on any atom is 0.296 e. The van der Waals surface area contributed by atoms with E-state index in [0.29, 0.717) is 0 Å². The maximum absolute atomic E-state index is 12.9. The second kappa shape index (κ2) is 13.5. The molecule has 0 saturated carbocycles. The molecule has 12 heteroatoms. The lowest BCUT2D eigenvalue weighted by Gasteiger charge is -2.09. The number of ketones is 2. The number of hydrogen-bond donors (Lipinski definition) is 2. The quantitative estimate of drug-likeness (QED) is 0.519. The summed E-state index contributed by atoms with van der Waals surface area (Å²) in [4.78, 5) is 43.5. The maximum atomic E-state index is 12.9. The van der Waals surface area contributed by atoms with Crippen LogP contribution < -0.4 is 10.6 Å². The number of carbonyl (C=O) groups is 4. The smallest absolute Gasteiger partial charge is 0.296 e. The van der Waals surface area contributed by atoms with E-state index >= 15 is 0 Å². The van der Waals surface area contributed by atoms with E-state index in [0.717, 1.165) is 52.9 Å². The van der Waals surface area contributed by atoms with Crippen LogP contribution in [-0.2, 0) is 28.5 Å². The Hall–Kier alpha value is -3.58. The molecule has 0 aromatic heterocycles. The molecule has 2 aromatic rings. The van der Waals surface area contributed by atoms with E-state index in [1.165, 1.54) is 36.4 Å². The van der Waals surface area contributed by atoms with Crippen LogP contribution in [0.25, 0.3) is 0 Å². The molecular formula is C24H24F2N2O8. The zero-order valence-corrected chi connectivity index (χ0v) is 19.1. The lowest BCUT2D eigenvalue weighted by Crippen LogP contribution is -2.16. The van der Waals surface area contributed by atoms with Crippen molar-refractivity contribution in [3.63, 3.8) is 0 Å². The van der Waals surface area contributed by atoms with Gasteiger partial charge in [0.1, 0.15) is 11.6 Å². The number of fused-ring (bicyclic) bond motifs is 2. The highest BCUT2D eigenvalue weighted by atomic mass is 19.1. The second-order valence-electron chi connectivity index (χ2n) is 7.34. The summed E-state index contributed by atoms with van der Waals surface area (Å²) in [6, 6.07) is 8.01. The molecule has 2 N–H and O–H groups in total. The van der Waals surface area contributed by atoms with Gasteiger partial charge in [-0.2, -0.15) is 0 Å². The fourth-order valence-corrected chi connectivity index (χ4v) is 3.15. The molecule has 0 atom stereocenters. The van der Waals surface area contributed by atoms with Crippen LogP contribution in [0.5, 0.6) is 0 Å².